The first-order valence-corrected chi connectivity index (χ1v) is 9.84. The van der Waals surface area contributed by atoms with Crippen LogP contribution in [-0.2, 0) is 16.0 Å². The number of halogens is 1. The van der Waals surface area contributed by atoms with Crippen molar-refractivity contribution in [2.24, 2.45) is 5.92 Å². The lowest BCUT2D eigenvalue weighted by Crippen LogP contribution is -2.53. The third kappa shape index (κ3) is 6.69. The first kappa shape index (κ1) is 20.9. The predicted octanol–water partition coefficient (Wildman–Crippen LogP) is 2.94. The van der Waals surface area contributed by atoms with Crippen molar-refractivity contribution in [2.75, 3.05) is 0 Å². The van der Waals surface area contributed by atoms with Crippen LogP contribution in [0.3, 0.4) is 0 Å². The van der Waals surface area contributed by atoms with Crippen LogP contribution in [0.4, 0.5) is 0 Å². The highest BCUT2D eigenvalue weighted by Gasteiger charge is 2.23. The maximum atomic E-state index is 12.5. The Bertz CT molecular complexity index is 793. The fourth-order valence-electron chi connectivity index (χ4n) is 2.45. The molecular weight excluding hydrogens is 386 g/mol. The first-order chi connectivity index (χ1) is 12.9. The van der Waals surface area contributed by atoms with Crippen molar-refractivity contribution in [3.8, 4) is 0 Å². The third-order valence-electron chi connectivity index (χ3n) is 3.72. The molecule has 0 radical (unpaired) electrons. The van der Waals surface area contributed by atoms with Crippen LogP contribution in [0.5, 0.6) is 0 Å². The molecule has 6 nitrogen and oxygen atoms in total. The molecule has 0 unspecified atom stereocenters. The molecule has 8 heteroatoms. The maximum absolute atomic E-state index is 12.5. The second-order valence-electron chi connectivity index (χ2n) is 6.48. The summed E-state index contributed by atoms with van der Waals surface area (Å²) in [7, 11) is 0. The second kappa shape index (κ2) is 10.1. The van der Waals surface area contributed by atoms with E-state index >= 15 is 0 Å². The van der Waals surface area contributed by atoms with E-state index < -0.39 is 17.9 Å². The number of rotatable bonds is 7. The summed E-state index contributed by atoms with van der Waals surface area (Å²) in [5, 5.41) is 6.81. The topological polar surface area (TPSA) is 87.3 Å². The second-order valence-corrected chi connectivity index (χ2v) is 7.67. The fraction of sp³-hybridized carbons (Fsp3) is 0.316. The molecule has 27 heavy (non-hydrogen) atoms. The fourth-order valence-corrected chi connectivity index (χ4v) is 3.34. The van der Waals surface area contributed by atoms with E-state index in [1.54, 1.807) is 24.3 Å². The Hall–Kier alpha value is -2.38. The van der Waals surface area contributed by atoms with E-state index in [0.717, 1.165) is 5.56 Å². The molecule has 2 rings (SSSR count). The summed E-state index contributed by atoms with van der Waals surface area (Å²) in [6.45, 7) is 3.90. The number of amides is 3. The molecular formula is C19H22ClN3O3S. The van der Waals surface area contributed by atoms with Gasteiger partial charge < -0.3 is 5.32 Å². The minimum atomic E-state index is -0.748. The normalized spacial score (nSPS) is 11.7. The van der Waals surface area contributed by atoms with Gasteiger partial charge in [0.05, 0.1) is 17.0 Å². The molecule has 1 atom stereocenters. The molecule has 1 aromatic carbocycles. The summed E-state index contributed by atoms with van der Waals surface area (Å²) >= 11 is 7.48. The number of thiophene rings is 1. The lowest BCUT2D eigenvalue weighted by Gasteiger charge is -2.20. The van der Waals surface area contributed by atoms with Crippen molar-refractivity contribution in [1.82, 2.24) is 16.2 Å². The zero-order chi connectivity index (χ0) is 19.8. The molecule has 0 bridgehead atoms. The minimum Gasteiger partial charge on any atom is -0.344 e. The van der Waals surface area contributed by atoms with Crippen molar-refractivity contribution >= 4 is 40.7 Å². The molecule has 2 aromatic rings. The van der Waals surface area contributed by atoms with Gasteiger partial charge in [0.15, 0.2) is 0 Å². The molecule has 0 aliphatic carbocycles. The Kier molecular flexibility index (Phi) is 7.82. The van der Waals surface area contributed by atoms with Crippen molar-refractivity contribution in [3.05, 3.63) is 57.2 Å². The van der Waals surface area contributed by atoms with Gasteiger partial charge in [0.1, 0.15) is 6.04 Å². The van der Waals surface area contributed by atoms with Gasteiger partial charge in [0, 0.05) is 0 Å². The van der Waals surface area contributed by atoms with E-state index in [2.05, 4.69) is 16.2 Å². The summed E-state index contributed by atoms with van der Waals surface area (Å²) in [5.74, 6) is -1.07. The monoisotopic (exact) mass is 407 g/mol. The minimum absolute atomic E-state index is 0.182. The Morgan fingerprint density at radius 1 is 1.11 bits per heavy atom. The summed E-state index contributed by atoms with van der Waals surface area (Å²) in [6.07, 6.45) is 0.653. The highest BCUT2D eigenvalue weighted by atomic mass is 35.5. The lowest BCUT2D eigenvalue weighted by molar-refractivity contribution is -0.129. The number of benzene rings is 1. The molecule has 3 N–H and O–H groups in total. The number of hydrogen-bond donors (Lipinski definition) is 3. The molecule has 3 amide bonds. The van der Waals surface area contributed by atoms with Gasteiger partial charge in [-0.25, -0.2) is 0 Å². The van der Waals surface area contributed by atoms with E-state index in [1.165, 1.54) is 11.3 Å². The van der Waals surface area contributed by atoms with Crippen molar-refractivity contribution in [2.45, 2.75) is 32.7 Å². The first-order valence-electron chi connectivity index (χ1n) is 8.52. The summed E-state index contributed by atoms with van der Waals surface area (Å²) in [6, 6.07) is 7.64. The summed E-state index contributed by atoms with van der Waals surface area (Å²) in [4.78, 5) is 36.8. The van der Waals surface area contributed by atoms with Crippen molar-refractivity contribution < 1.29 is 14.4 Å². The lowest BCUT2D eigenvalue weighted by atomic mass is 10.0. The van der Waals surface area contributed by atoms with E-state index in [1.807, 2.05) is 30.7 Å². The van der Waals surface area contributed by atoms with Gasteiger partial charge in [-0.1, -0.05) is 37.6 Å². The number of nitrogens with one attached hydrogen (secondary N) is 3. The van der Waals surface area contributed by atoms with Crippen molar-refractivity contribution in [3.63, 3.8) is 0 Å². The van der Waals surface area contributed by atoms with Crippen molar-refractivity contribution in [1.29, 1.82) is 0 Å². The average molecular weight is 408 g/mol. The largest absolute Gasteiger partial charge is 0.344 e. The molecule has 0 saturated carbocycles. The van der Waals surface area contributed by atoms with Crippen LogP contribution in [0, 0.1) is 5.92 Å². The van der Waals surface area contributed by atoms with Gasteiger partial charge in [-0.2, -0.15) is 11.3 Å². The van der Waals surface area contributed by atoms with Gasteiger partial charge in [0.25, 0.3) is 11.8 Å². The van der Waals surface area contributed by atoms with Crippen LogP contribution in [0.15, 0.2) is 41.1 Å². The smallest absolute Gasteiger partial charge is 0.271 e. The van der Waals surface area contributed by atoms with Gasteiger partial charge in [-0.15, -0.1) is 0 Å². The third-order valence-corrected chi connectivity index (χ3v) is 4.78. The van der Waals surface area contributed by atoms with E-state index in [-0.39, 0.29) is 28.8 Å². The van der Waals surface area contributed by atoms with Gasteiger partial charge in [0.2, 0.25) is 5.91 Å². The standard InChI is InChI=1S/C19H22ClN3O3S/c1-12(2)9-16(21-17(24)10-13-7-8-27-11-13)19(26)23-22-18(25)14-5-3-4-6-15(14)20/h3-8,11-12,16H,9-10H2,1-2H3,(H,21,24)(H,22,25)(H,23,26)/t16-/m0/s1. The SMILES string of the molecule is CC(C)C[C@H](NC(=O)Cc1ccsc1)C(=O)NNC(=O)c1ccccc1Cl. The quantitative estimate of drug-likeness (QED) is 0.616. The van der Waals surface area contributed by atoms with Crippen LogP contribution in [0.2, 0.25) is 5.02 Å². The van der Waals surface area contributed by atoms with E-state index in [9.17, 15) is 14.4 Å². The number of carbonyl (C=O) groups excluding carboxylic acids is 3. The van der Waals surface area contributed by atoms with Gasteiger partial charge in [-0.3, -0.25) is 25.2 Å². The van der Waals surface area contributed by atoms with Crippen LogP contribution in [0.25, 0.3) is 0 Å². The highest BCUT2D eigenvalue weighted by molar-refractivity contribution is 7.08. The number of carbonyl (C=O) groups is 3. The van der Waals surface area contributed by atoms with Crippen LogP contribution >= 0.6 is 22.9 Å². The number of hydrazine groups is 1. The molecule has 0 fully saturated rings. The molecule has 1 heterocycles. The average Bonchev–Trinajstić information content (AvgIpc) is 3.11. The summed E-state index contributed by atoms with van der Waals surface area (Å²) < 4.78 is 0. The predicted molar refractivity (Wildman–Crippen MR) is 106 cm³/mol. The Morgan fingerprint density at radius 3 is 2.48 bits per heavy atom. The Labute approximate surface area is 167 Å². The van der Waals surface area contributed by atoms with Gasteiger partial charge in [-0.05, 0) is 46.9 Å². The highest BCUT2D eigenvalue weighted by Crippen LogP contribution is 2.14. The van der Waals surface area contributed by atoms with Crippen LogP contribution < -0.4 is 16.2 Å². The molecule has 0 aliphatic heterocycles. The molecule has 1 aromatic heterocycles. The number of hydrogen-bond acceptors (Lipinski definition) is 4. The molecule has 0 saturated heterocycles. The Balaban J connectivity index is 1.94. The summed E-state index contributed by atoms with van der Waals surface area (Å²) in [5.41, 5.74) is 5.86. The molecule has 0 spiro atoms. The maximum Gasteiger partial charge on any atom is 0.271 e. The van der Waals surface area contributed by atoms with E-state index in [0.29, 0.717) is 6.42 Å². The van der Waals surface area contributed by atoms with Crippen LogP contribution in [0.1, 0.15) is 36.2 Å². The Morgan fingerprint density at radius 2 is 1.85 bits per heavy atom. The zero-order valence-corrected chi connectivity index (χ0v) is 16.7. The van der Waals surface area contributed by atoms with E-state index in [4.69, 9.17) is 11.6 Å². The van der Waals surface area contributed by atoms with Gasteiger partial charge >= 0.3 is 0 Å². The molecule has 144 valence electrons. The zero-order valence-electron chi connectivity index (χ0n) is 15.1. The molecule has 0 aliphatic rings. The van der Waals surface area contributed by atoms with Crippen LogP contribution in [-0.4, -0.2) is 23.8 Å².